The first-order valence-corrected chi connectivity index (χ1v) is 5.80. The summed E-state index contributed by atoms with van der Waals surface area (Å²) < 4.78 is 1.16. The van der Waals surface area contributed by atoms with Crippen LogP contribution in [0, 0.1) is 0 Å². The van der Waals surface area contributed by atoms with E-state index in [2.05, 4.69) is 47.9 Å². The minimum absolute atomic E-state index is 0.716. The molecule has 0 bridgehead atoms. The van der Waals surface area contributed by atoms with Crippen LogP contribution >= 0.6 is 27.3 Å². The van der Waals surface area contributed by atoms with Crippen molar-refractivity contribution in [2.45, 2.75) is 13.1 Å². The van der Waals surface area contributed by atoms with Gasteiger partial charge in [-0.2, -0.15) is 5.10 Å². The number of nitrogens with one attached hydrogen (secondary N) is 2. The lowest BCUT2D eigenvalue weighted by atomic mass is 10.3. The van der Waals surface area contributed by atoms with Crippen LogP contribution in [-0.2, 0) is 13.1 Å². The standard InChI is InChI=1S/C8H9BrN4S/c9-7-1-6(4-14-7)2-10-3-8-11-5-12-13-8/h1,4-5,10H,2-3H2,(H,11,12,13). The summed E-state index contributed by atoms with van der Waals surface area (Å²) in [6, 6.07) is 2.11. The van der Waals surface area contributed by atoms with Crippen molar-refractivity contribution in [3.8, 4) is 0 Å². The van der Waals surface area contributed by atoms with E-state index in [4.69, 9.17) is 0 Å². The lowest BCUT2D eigenvalue weighted by molar-refractivity contribution is 0.666. The predicted octanol–water partition coefficient (Wildman–Crippen LogP) is 1.92. The fourth-order valence-electron chi connectivity index (χ4n) is 1.08. The molecule has 0 radical (unpaired) electrons. The molecule has 2 heterocycles. The first-order chi connectivity index (χ1) is 6.84. The molecule has 0 aliphatic rings. The molecule has 6 heteroatoms. The van der Waals surface area contributed by atoms with Crippen molar-refractivity contribution in [3.63, 3.8) is 0 Å². The van der Waals surface area contributed by atoms with Gasteiger partial charge in [0, 0.05) is 6.54 Å². The number of aromatic nitrogens is 3. The minimum Gasteiger partial charge on any atom is -0.306 e. The number of hydrogen-bond acceptors (Lipinski definition) is 4. The van der Waals surface area contributed by atoms with Gasteiger partial charge in [0.05, 0.1) is 10.3 Å². The van der Waals surface area contributed by atoms with Crippen LogP contribution in [0.4, 0.5) is 0 Å². The Morgan fingerprint density at radius 3 is 3.07 bits per heavy atom. The Bertz CT molecular complexity index is 384. The van der Waals surface area contributed by atoms with Gasteiger partial charge in [0.15, 0.2) is 0 Å². The number of rotatable bonds is 4. The van der Waals surface area contributed by atoms with Gasteiger partial charge in [-0.3, -0.25) is 5.10 Å². The van der Waals surface area contributed by atoms with Gasteiger partial charge in [-0.1, -0.05) is 0 Å². The Labute approximate surface area is 93.9 Å². The zero-order chi connectivity index (χ0) is 9.80. The maximum atomic E-state index is 4.02. The van der Waals surface area contributed by atoms with Crippen molar-refractivity contribution in [1.82, 2.24) is 20.5 Å². The van der Waals surface area contributed by atoms with Crippen molar-refractivity contribution in [2.75, 3.05) is 0 Å². The van der Waals surface area contributed by atoms with E-state index >= 15 is 0 Å². The van der Waals surface area contributed by atoms with Crippen LogP contribution in [0.5, 0.6) is 0 Å². The molecule has 0 atom stereocenters. The molecule has 0 aromatic carbocycles. The molecule has 2 aromatic heterocycles. The highest BCUT2D eigenvalue weighted by Crippen LogP contribution is 2.20. The van der Waals surface area contributed by atoms with Crippen molar-refractivity contribution >= 4 is 27.3 Å². The van der Waals surface area contributed by atoms with E-state index in [1.54, 1.807) is 11.3 Å². The van der Waals surface area contributed by atoms with Gasteiger partial charge < -0.3 is 5.32 Å². The average Bonchev–Trinajstić information content (AvgIpc) is 2.77. The lowest BCUT2D eigenvalue weighted by Crippen LogP contribution is -2.13. The van der Waals surface area contributed by atoms with Gasteiger partial charge in [0.1, 0.15) is 12.2 Å². The Kier molecular flexibility index (Phi) is 3.28. The second-order valence-corrected chi connectivity index (χ2v) is 5.09. The minimum atomic E-state index is 0.716. The third kappa shape index (κ3) is 2.63. The Balaban J connectivity index is 1.78. The summed E-state index contributed by atoms with van der Waals surface area (Å²) in [5.74, 6) is 0.860. The molecule has 0 spiro atoms. The van der Waals surface area contributed by atoms with Crippen LogP contribution in [0.15, 0.2) is 21.6 Å². The highest BCUT2D eigenvalue weighted by molar-refractivity contribution is 9.11. The molecule has 0 aliphatic carbocycles. The number of thiophene rings is 1. The fraction of sp³-hybridized carbons (Fsp3) is 0.250. The number of hydrogen-bond donors (Lipinski definition) is 2. The Morgan fingerprint density at radius 2 is 2.43 bits per heavy atom. The molecule has 0 aliphatic heterocycles. The summed E-state index contributed by atoms with van der Waals surface area (Å²) in [4.78, 5) is 4.02. The molecule has 0 saturated carbocycles. The Morgan fingerprint density at radius 1 is 1.50 bits per heavy atom. The summed E-state index contributed by atoms with van der Waals surface area (Å²) in [5, 5.41) is 12.0. The van der Waals surface area contributed by atoms with Crippen LogP contribution in [-0.4, -0.2) is 15.2 Å². The Hall–Kier alpha value is -0.720. The SMILES string of the molecule is Brc1cc(CNCc2ncn[nH]2)cs1. The maximum absolute atomic E-state index is 4.02. The van der Waals surface area contributed by atoms with Gasteiger partial charge in [0.2, 0.25) is 0 Å². The zero-order valence-electron chi connectivity index (χ0n) is 7.33. The van der Waals surface area contributed by atoms with Crippen LogP contribution in [0.25, 0.3) is 0 Å². The summed E-state index contributed by atoms with van der Waals surface area (Å²) >= 11 is 5.12. The number of aromatic amines is 1. The second-order valence-electron chi connectivity index (χ2n) is 2.79. The molecule has 2 N–H and O–H groups in total. The van der Waals surface area contributed by atoms with Crippen molar-refractivity contribution in [1.29, 1.82) is 0 Å². The van der Waals surface area contributed by atoms with Crippen molar-refractivity contribution in [3.05, 3.63) is 32.9 Å². The van der Waals surface area contributed by atoms with E-state index in [1.165, 1.54) is 11.9 Å². The fourth-order valence-corrected chi connectivity index (χ4v) is 2.29. The van der Waals surface area contributed by atoms with Crippen molar-refractivity contribution in [2.24, 2.45) is 0 Å². The molecule has 0 unspecified atom stereocenters. The third-order valence-corrected chi connectivity index (χ3v) is 3.26. The quantitative estimate of drug-likeness (QED) is 0.894. The monoisotopic (exact) mass is 272 g/mol. The topological polar surface area (TPSA) is 53.6 Å². The van der Waals surface area contributed by atoms with Gasteiger partial charge in [-0.05, 0) is 32.9 Å². The highest BCUT2D eigenvalue weighted by atomic mass is 79.9. The van der Waals surface area contributed by atoms with Crippen LogP contribution in [0.3, 0.4) is 0 Å². The molecule has 2 aromatic rings. The first kappa shape index (κ1) is 9.82. The molecule has 0 fully saturated rings. The van der Waals surface area contributed by atoms with E-state index in [9.17, 15) is 0 Å². The lowest BCUT2D eigenvalue weighted by Gasteiger charge is -1.98. The van der Waals surface area contributed by atoms with Gasteiger partial charge in [-0.15, -0.1) is 11.3 Å². The zero-order valence-corrected chi connectivity index (χ0v) is 9.73. The molecule has 2 rings (SSSR count). The molecule has 4 nitrogen and oxygen atoms in total. The van der Waals surface area contributed by atoms with Crippen LogP contribution in [0.1, 0.15) is 11.4 Å². The largest absolute Gasteiger partial charge is 0.306 e. The molecule has 74 valence electrons. The number of H-pyrrole nitrogens is 1. The average molecular weight is 273 g/mol. The predicted molar refractivity (Wildman–Crippen MR) is 58.9 cm³/mol. The normalized spacial score (nSPS) is 10.6. The number of halogens is 1. The molecular formula is C8H9BrN4S. The maximum Gasteiger partial charge on any atom is 0.138 e. The molecule has 14 heavy (non-hydrogen) atoms. The van der Waals surface area contributed by atoms with Gasteiger partial charge in [0.25, 0.3) is 0 Å². The van der Waals surface area contributed by atoms with E-state index in [0.29, 0.717) is 6.54 Å². The van der Waals surface area contributed by atoms with E-state index in [-0.39, 0.29) is 0 Å². The number of nitrogens with zero attached hydrogens (tertiary/aromatic N) is 2. The van der Waals surface area contributed by atoms with Gasteiger partial charge in [-0.25, -0.2) is 4.98 Å². The van der Waals surface area contributed by atoms with Crippen LogP contribution < -0.4 is 5.32 Å². The third-order valence-electron chi connectivity index (χ3n) is 1.71. The summed E-state index contributed by atoms with van der Waals surface area (Å²) in [5.41, 5.74) is 1.28. The first-order valence-electron chi connectivity index (χ1n) is 4.12. The summed E-state index contributed by atoms with van der Waals surface area (Å²) in [6.45, 7) is 1.57. The second kappa shape index (κ2) is 4.68. The van der Waals surface area contributed by atoms with Gasteiger partial charge >= 0.3 is 0 Å². The molecule has 0 saturated heterocycles. The van der Waals surface area contributed by atoms with E-state index < -0.39 is 0 Å². The van der Waals surface area contributed by atoms with Crippen LogP contribution in [0.2, 0.25) is 0 Å². The smallest absolute Gasteiger partial charge is 0.138 e. The van der Waals surface area contributed by atoms with Crippen molar-refractivity contribution < 1.29 is 0 Å². The summed E-state index contributed by atoms with van der Waals surface area (Å²) in [7, 11) is 0. The van der Waals surface area contributed by atoms with E-state index in [0.717, 1.165) is 16.2 Å². The molecule has 0 amide bonds. The highest BCUT2D eigenvalue weighted by Gasteiger charge is 1.98. The summed E-state index contributed by atoms with van der Waals surface area (Å²) in [6.07, 6.45) is 1.51. The molecular weight excluding hydrogens is 264 g/mol. The van der Waals surface area contributed by atoms with E-state index in [1.807, 2.05) is 0 Å².